The Morgan fingerprint density at radius 2 is 1.91 bits per heavy atom. The molecule has 0 bridgehead atoms. The average molecular weight is 299 g/mol. The van der Waals surface area contributed by atoms with Crippen LogP contribution in [0.2, 0.25) is 0 Å². The Morgan fingerprint density at radius 1 is 1.23 bits per heavy atom. The lowest BCUT2D eigenvalue weighted by Crippen LogP contribution is -2.44. The van der Waals surface area contributed by atoms with Crippen LogP contribution in [0.15, 0.2) is 24.3 Å². The minimum Gasteiger partial charge on any atom is -0.341 e. The summed E-state index contributed by atoms with van der Waals surface area (Å²) in [4.78, 5) is 19.4. The van der Waals surface area contributed by atoms with Gasteiger partial charge in [0.15, 0.2) is 0 Å². The van der Waals surface area contributed by atoms with Gasteiger partial charge in [-0.15, -0.1) is 0 Å². The third-order valence-electron chi connectivity index (χ3n) is 4.56. The number of imidazole rings is 1. The van der Waals surface area contributed by atoms with Gasteiger partial charge in [-0.05, 0) is 30.4 Å². The summed E-state index contributed by atoms with van der Waals surface area (Å²) in [6, 6.07) is 8.07. The van der Waals surface area contributed by atoms with E-state index in [2.05, 4.69) is 36.4 Å². The predicted molar refractivity (Wildman–Crippen MR) is 88.6 cm³/mol. The summed E-state index contributed by atoms with van der Waals surface area (Å²) < 4.78 is 2.08. The number of aryl methyl sites for hydroxylation is 1. The lowest BCUT2D eigenvalue weighted by molar-refractivity contribution is -0.134. The van der Waals surface area contributed by atoms with Crippen molar-refractivity contribution < 1.29 is 4.79 Å². The van der Waals surface area contributed by atoms with E-state index in [4.69, 9.17) is 0 Å². The molecule has 2 aromatic rings. The first-order valence-corrected chi connectivity index (χ1v) is 8.30. The van der Waals surface area contributed by atoms with Crippen LogP contribution in [0.3, 0.4) is 0 Å². The van der Waals surface area contributed by atoms with Crippen molar-refractivity contribution in [1.29, 1.82) is 0 Å². The Morgan fingerprint density at radius 3 is 2.59 bits per heavy atom. The van der Waals surface area contributed by atoms with Crippen LogP contribution in [0, 0.1) is 11.8 Å². The van der Waals surface area contributed by atoms with Gasteiger partial charge in [0.1, 0.15) is 12.4 Å². The van der Waals surface area contributed by atoms with E-state index in [1.165, 1.54) is 6.42 Å². The SMILES string of the molecule is CCc1nc2ccccc2n1CC(=O)N1CC(C)CC(C)C1. The standard InChI is InChI=1S/C18H25N3O/c1-4-17-19-15-7-5-6-8-16(15)21(17)12-18(22)20-10-13(2)9-14(3)11-20/h5-8,13-14H,4,9-12H2,1-3H3. The number of carbonyl (C=O) groups excluding carboxylic acids is 1. The number of fused-ring (bicyclic) bond motifs is 1. The smallest absolute Gasteiger partial charge is 0.242 e. The molecule has 4 heteroatoms. The van der Waals surface area contributed by atoms with Gasteiger partial charge >= 0.3 is 0 Å². The molecule has 2 heterocycles. The van der Waals surface area contributed by atoms with Crippen LogP contribution in [-0.2, 0) is 17.8 Å². The summed E-state index contributed by atoms with van der Waals surface area (Å²) in [6.07, 6.45) is 2.06. The van der Waals surface area contributed by atoms with Crippen molar-refractivity contribution in [2.75, 3.05) is 13.1 Å². The van der Waals surface area contributed by atoms with Gasteiger partial charge in [-0.1, -0.05) is 32.9 Å². The van der Waals surface area contributed by atoms with Crippen LogP contribution >= 0.6 is 0 Å². The van der Waals surface area contributed by atoms with Crippen LogP contribution in [0.4, 0.5) is 0 Å². The molecule has 2 unspecified atom stereocenters. The zero-order valence-electron chi connectivity index (χ0n) is 13.7. The molecule has 0 N–H and O–H groups in total. The average Bonchev–Trinajstić information content (AvgIpc) is 2.84. The molecule has 4 nitrogen and oxygen atoms in total. The molecule has 0 aliphatic carbocycles. The van der Waals surface area contributed by atoms with Gasteiger partial charge in [-0.2, -0.15) is 0 Å². The number of rotatable bonds is 3. The van der Waals surface area contributed by atoms with E-state index in [0.717, 1.165) is 36.4 Å². The fourth-order valence-corrected chi connectivity index (χ4v) is 3.67. The Balaban J connectivity index is 1.84. The number of hydrogen-bond donors (Lipinski definition) is 0. The lowest BCUT2D eigenvalue weighted by atomic mass is 9.92. The van der Waals surface area contributed by atoms with Crippen molar-refractivity contribution in [2.24, 2.45) is 11.8 Å². The molecule has 0 spiro atoms. The molecule has 0 radical (unpaired) electrons. The van der Waals surface area contributed by atoms with E-state index >= 15 is 0 Å². The largest absolute Gasteiger partial charge is 0.341 e. The first kappa shape index (κ1) is 15.1. The Labute approximate surface area is 132 Å². The van der Waals surface area contributed by atoms with Crippen LogP contribution in [0.25, 0.3) is 11.0 Å². The molecule has 118 valence electrons. The molecule has 1 fully saturated rings. The number of nitrogens with zero attached hydrogens (tertiary/aromatic N) is 3. The number of hydrogen-bond acceptors (Lipinski definition) is 2. The van der Waals surface area contributed by atoms with Crippen molar-refractivity contribution >= 4 is 16.9 Å². The molecule has 3 rings (SSSR count). The molecule has 1 aromatic carbocycles. The highest BCUT2D eigenvalue weighted by atomic mass is 16.2. The van der Waals surface area contributed by atoms with E-state index in [0.29, 0.717) is 18.4 Å². The van der Waals surface area contributed by atoms with Crippen LogP contribution < -0.4 is 0 Å². The van der Waals surface area contributed by atoms with Crippen molar-refractivity contribution in [1.82, 2.24) is 14.5 Å². The molecule has 1 amide bonds. The second-order valence-electron chi connectivity index (χ2n) is 6.70. The molecular weight excluding hydrogens is 274 g/mol. The third kappa shape index (κ3) is 2.87. The number of para-hydroxylation sites is 2. The number of piperidine rings is 1. The minimum absolute atomic E-state index is 0.219. The van der Waals surface area contributed by atoms with Gasteiger partial charge in [0.2, 0.25) is 5.91 Å². The van der Waals surface area contributed by atoms with E-state index in [1.807, 2.05) is 23.1 Å². The Bertz CT molecular complexity index is 666. The zero-order chi connectivity index (χ0) is 15.7. The molecule has 2 atom stereocenters. The summed E-state index contributed by atoms with van der Waals surface area (Å²) in [7, 11) is 0. The van der Waals surface area contributed by atoms with Gasteiger partial charge in [0, 0.05) is 19.5 Å². The molecule has 1 aromatic heterocycles. The molecule has 1 aliphatic heterocycles. The summed E-state index contributed by atoms with van der Waals surface area (Å²) in [5.41, 5.74) is 2.04. The van der Waals surface area contributed by atoms with Gasteiger partial charge in [0.05, 0.1) is 11.0 Å². The number of amides is 1. The van der Waals surface area contributed by atoms with Gasteiger partial charge < -0.3 is 9.47 Å². The molecule has 1 aliphatic rings. The first-order valence-electron chi connectivity index (χ1n) is 8.30. The normalized spacial score (nSPS) is 22.2. The quantitative estimate of drug-likeness (QED) is 0.873. The summed E-state index contributed by atoms with van der Waals surface area (Å²) in [5.74, 6) is 2.40. The van der Waals surface area contributed by atoms with Crippen LogP contribution in [0.1, 0.15) is 33.0 Å². The van der Waals surface area contributed by atoms with E-state index in [9.17, 15) is 4.79 Å². The second kappa shape index (κ2) is 6.11. The highest BCUT2D eigenvalue weighted by molar-refractivity contribution is 5.81. The van der Waals surface area contributed by atoms with E-state index in [1.54, 1.807) is 0 Å². The second-order valence-corrected chi connectivity index (χ2v) is 6.70. The maximum absolute atomic E-state index is 12.7. The van der Waals surface area contributed by atoms with E-state index in [-0.39, 0.29) is 5.91 Å². The van der Waals surface area contributed by atoms with Crippen molar-refractivity contribution in [3.63, 3.8) is 0 Å². The lowest BCUT2D eigenvalue weighted by Gasteiger charge is -2.35. The molecule has 1 saturated heterocycles. The maximum Gasteiger partial charge on any atom is 0.242 e. The fourth-order valence-electron chi connectivity index (χ4n) is 3.67. The van der Waals surface area contributed by atoms with Crippen LogP contribution in [-0.4, -0.2) is 33.4 Å². The number of carbonyl (C=O) groups is 1. The fraction of sp³-hybridized carbons (Fsp3) is 0.556. The van der Waals surface area contributed by atoms with Gasteiger partial charge in [-0.25, -0.2) is 4.98 Å². The van der Waals surface area contributed by atoms with Crippen molar-refractivity contribution in [2.45, 2.75) is 40.2 Å². The number of aromatic nitrogens is 2. The minimum atomic E-state index is 0.219. The molecule has 0 saturated carbocycles. The Kier molecular flexibility index (Phi) is 4.19. The highest BCUT2D eigenvalue weighted by Gasteiger charge is 2.26. The molecular formula is C18H25N3O. The monoisotopic (exact) mass is 299 g/mol. The first-order chi connectivity index (χ1) is 10.6. The van der Waals surface area contributed by atoms with Gasteiger partial charge in [0.25, 0.3) is 0 Å². The summed E-state index contributed by atoms with van der Waals surface area (Å²) in [6.45, 7) is 8.74. The summed E-state index contributed by atoms with van der Waals surface area (Å²) in [5, 5.41) is 0. The maximum atomic E-state index is 12.7. The summed E-state index contributed by atoms with van der Waals surface area (Å²) >= 11 is 0. The number of likely N-dealkylation sites (tertiary alicyclic amines) is 1. The van der Waals surface area contributed by atoms with Crippen LogP contribution in [0.5, 0.6) is 0 Å². The zero-order valence-corrected chi connectivity index (χ0v) is 13.7. The predicted octanol–water partition coefficient (Wildman–Crippen LogP) is 3.10. The van der Waals surface area contributed by atoms with Crippen molar-refractivity contribution in [3.8, 4) is 0 Å². The third-order valence-corrected chi connectivity index (χ3v) is 4.56. The van der Waals surface area contributed by atoms with E-state index < -0.39 is 0 Å². The highest BCUT2D eigenvalue weighted by Crippen LogP contribution is 2.22. The Hall–Kier alpha value is -1.84. The topological polar surface area (TPSA) is 38.1 Å². The van der Waals surface area contributed by atoms with Crippen molar-refractivity contribution in [3.05, 3.63) is 30.1 Å². The van der Waals surface area contributed by atoms with Gasteiger partial charge in [-0.3, -0.25) is 4.79 Å². The molecule has 22 heavy (non-hydrogen) atoms. The number of benzene rings is 1.